The summed E-state index contributed by atoms with van der Waals surface area (Å²) in [5.74, 6) is -1.13. The molecule has 5 heteroatoms. The monoisotopic (exact) mass is 268 g/mol. The first-order chi connectivity index (χ1) is 8.84. The molecule has 1 saturated carbocycles. The van der Waals surface area contributed by atoms with E-state index in [1.165, 1.54) is 0 Å². The fourth-order valence-corrected chi connectivity index (χ4v) is 3.61. The predicted octanol–water partition coefficient (Wildman–Crippen LogP) is 1.22. The molecule has 0 spiro atoms. The summed E-state index contributed by atoms with van der Waals surface area (Å²) < 4.78 is 0. The first-order valence-electron chi connectivity index (χ1n) is 7.13. The van der Waals surface area contributed by atoms with E-state index in [-0.39, 0.29) is 23.3 Å². The maximum Gasteiger partial charge on any atom is 0.326 e. The van der Waals surface area contributed by atoms with Gasteiger partial charge in [-0.1, -0.05) is 20.3 Å². The fraction of sp³-hybridized carbons (Fsp3) is 0.857. The molecule has 0 aromatic rings. The number of carbonyl (C=O) groups excluding carboxylic acids is 1. The third kappa shape index (κ3) is 2.61. The van der Waals surface area contributed by atoms with Crippen LogP contribution in [0.3, 0.4) is 0 Å². The van der Waals surface area contributed by atoms with Crippen LogP contribution in [0.1, 0.15) is 46.0 Å². The average Bonchev–Trinajstić information content (AvgIpc) is 2.72. The molecule has 108 valence electrons. The topological polar surface area (TPSA) is 83.6 Å². The minimum atomic E-state index is -0.899. The van der Waals surface area contributed by atoms with E-state index in [2.05, 4.69) is 0 Å². The van der Waals surface area contributed by atoms with Gasteiger partial charge in [0.05, 0.1) is 5.92 Å². The molecule has 2 aliphatic rings. The van der Waals surface area contributed by atoms with Crippen LogP contribution in [-0.2, 0) is 9.59 Å². The summed E-state index contributed by atoms with van der Waals surface area (Å²) in [7, 11) is 0. The van der Waals surface area contributed by atoms with Gasteiger partial charge in [-0.15, -0.1) is 0 Å². The molecule has 3 N–H and O–H groups in total. The Kier molecular flexibility index (Phi) is 3.85. The van der Waals surface area contributed by atoms with Crippen molar-refractivity contribution < 1.29 is 14.7 Å². The van der Waals surface area contributed by atoms with Crippen LogP contribution in [0.5, 0.6) is 0 Å². The van der Waals surface area contributed by atoms with E-state index in [1.54, 1.807) is 4.90 Å². The fourth-order valence-electron chi connectivity index (χ4n) is 3.61. The van der Waals surface area contributed by atoms with Gasteiger partial charge in [0.1, 0.15) is 6.04 Å². The van der Waals surface area contributed by atoms with Crippen LogP contribution in [0.25, 0.3) is 0 Å². The number of hydrogen-bond acceptors (Lipinski definition) is 3. The van der Waals surface area contributed by atoms with E-state index < -0.39 is 12.0 Å². The molecule has 19 heavy (non-hydrogen) atoms. The Morgan fingerprint density at radius 3 is 2.47 bits per heavy atom. The second-order valence-corrected chi connectivity index (χ2v) is 6.57. The van der Waals surface area contributed by atoms with Crippen LogP contribution < -0.4 is 5.73 Å². The average molecular weight is 268 g/mol. The van der Waals surface area contributed by atoms with Crippen molar-refractivity contribution in [3.8, 4) is 0 Å². The first kappa shape index (κ1) is 14.3. The van der Waals surface area contributed by atoms with Crippen LogP contribution in [0.15, 0.2) is 0 Å². The molecular formula is C14H24N2O3. The molecule has 5 nitrogen and oxygen atoms in total. The van der Waals surface area contributed by atoms with E-state index >= 15 is 0 Å². The van der Waals surface area contributed by atoms with Crippen molar-refractivity contribution in [2.75, 3.05) is 6.54 Å². The number of nitrogens with zero attached hydrogens (tertiary/aromatic N) is 1. The Labute approximate surface area is 114 Å². The Balaban J connectivity index is 2.21. The van der Waals surface area contributed by atoms with Crippen LogP contribution in [0.4, 0.5) is 0 Å². The third-order valence-electron chi connectivity index (χ3n) is 4.68. The number of carboxylic acids is 1. The van der Waals surface area contributed by atoms with Crippen molar-refractivity contribution in [2.24, 2.45) is 17.1 Å². The molecule has 0 aromatic carbocycles. The molecule has 1 aliphatic heterocycles. The second-order valence-electron chi connectivity index (χ2n) is 6.57. The zero-order chi connectivity index (χ0) is 14.2. The summed E-state index contributed by atoms with van der Waals surface area (Å²) in [6.45, 7) is 4.40. The minimum Gasteiger partial charge on any atom is -0.480 e. The van der Waals surface area contributed by atoms with Gasteiger partial charge >= 0.3 is 5.97 Å². The number of piperidine rings is 1. The molecule has 2 rings (SSSR count). The number of carboxylic acid groups (broad SMARTS) is 1. The molecule has 0 aromatic heterocycles. The normalized spacial score (nSPS) is 34.3. The molecule has 0 bridgehead atoms. The maximum absolute atomic E-state index is 12.6. The molecule has 1 heterocycles. The van der Waals surface area contributed by atoms with Crippen LogP contribution >= 0.6 is 0 Å². The lowest BCUT2D eigenvalue weighted by Crippen LogP contribution is -2.58. The van der Waals surface area contributed by atoms with Gasteiger partial charge in [0.15, 0.2) is 0 Å². The lowest BCUT2D eigenvalue weighted by atomic mass is 9.76. The first-order valence-corrected chi connectivity index (χ1v) is 7.13. The number of rotatable bonds is 2. The van der Waals surface area contributed by atoms with Crippen molar-refractivity contribution in [3.63, 3.8) is 0 Å². The van der Waals surface area contributed by atoms with Crippen LogP contribution in [0.2, 0.25) is 0 Å². The summed E-state index contributed by atoms with van der Waals surface area (Å²) in [6, 6.07) is -0.825. The number of nitrogens with two attached hydrogens (primary N) is 1. The standard InChI is InChI=1S/C14H24N2O3/c1-14(2)7-4-8-16(11(14)13(18)19)12(17)9-5-3-6-10(9)15/h9-11H,3-8,15H2,1-2H3,(H,18,19). The van der Waals surface area contributed by atoms with Gasteiger partial charge in [-0.2, -0.15) is 0 Å². The Hall–Kier alpha value is -1.10. The number of aliphatic carboxylic acids is 1. The summed E-state index contributed by atoms with van der Waals surface area (Å²) >= 11 is 0. The van der Waals surface area contributed by atoms with Crippen molar-refractivity contribution in [3.05, 3.63) is 0 Å². The van der Waals surface area contributed by atoms with E-state index in [1.807, 2.05) is 13.8 Å². The van der Waals surface area contributed by atoms with Gasteiger partial charge in [0.25, 0.3) is 0 Å². The molecule has 3 unspecified atom stereocenters. The summed E-state index contributed by atoms with van der Waals surface area (Å²) in [5.41, 5.74) is 5.61. The highest BCUT2D eigenvalue weighted by molar-refractivity contribution is 5.86. The molecule has 0 radical (unpaired) electrons. The number of hydrogen-bond donors (Lipinski definition) is 2. The largest absolute Gasteiger partial charge is 0.480 e. The summed E-state index contributed by atoms with van der Waals surface area (Å²) in [4.78, 5) is 25.7. The molecular weight excluding hydrogens is 244 g/mol. The van der Waals surface area contributed by atoms with Gasteiger partial charge in [-0.05, 0) is 31.1 Å². The molecule has 1 saturated heterocycles. The lowest BCUT2D eigenvalue weighted by molar-refractivity contribution is -0.160. The highest BCUT2D eigenvalue weighted by Crippen LogP contribution is 2.37. The zero-order valence-electron chi connectivity index (χ0n) is 11.8. The van der Waals surface area contributed by atoms with Gasteiger partial charge in [0.2, 0.25) is 5.91 Å². The molecule has 1 aliphatic carbocycles. The van der Waals surface area contributed by atoms with Crippen molar-refractivity contribution in [1.29, 1.82) is 0 Å². The van der Waals surface area contributed by atoms with Gasteiger partial charge in [-0.3, -0.25) is 4.79 Å². The van der Waals surface area contributed by atoms with E-state index in [4.69, 9.17) is 5.73 Å². The van der Waals surface area contributed by atoms with Gasteiger partial charge in [0, 0.05) is 12.6 Å². The quantitative estimate of drug-likeness (QED) is 0.788. The van der Waals surface area contributed by atoms with E-state index in [9.17, 15) is 14.7 Å². The number of likely N-dealkylation sites (tertiary alicyclic amines) is 1. The second kappa shape index (κ2) is 5.12. The summed E-state index contributed by atoms with van der Waals surface area (Å²) in [6.07, 6.45) is 4.33. The summed E-state index contributed by atoms with van der Waals surface area (Å²) in [5, 5.41) is 9.48. The molecule has 2 fully saturated rings. The van der Waals surface area contributed by atoms with Gasteiger partial charge < -0.3 is 15.7 Å². The maximum atomic E-state index is 12.6. The Bertz CT molecular complexity index is 381. The zero-order valence-corrected chi connectivity index (χ0v) is 11.8. The van der Waals surface area contributed by atoms with Crippen LogP contribution in [-0.4, -0.2) is 40.5 Å². The van der Waals surface area contributed by atoms with Crippen molar-refractivity contribution in [1.82, 2.24) is 4.90 Å². The van der Waals surface area contributed by atoms with E-state index in [0.29, 0.717) is 6.54 Å². The lowest BCUT2D eigenvalue weighted by Gasteiger charge is -2.45. The molecule has 3 atom stereocenters. The predicted molar refractivity (Wildman–Crippen MR) is 71.5 cm³/mol. The molecule has 1 amide bonds. The Morgan fingerprint density at radius 2 is 1.95 bits per heavy atom. The number of carbonyl (C=O) groups is 2. The van der Waals surface area contributed by atoms with Crippen molar-refractivity contribution in [2.45, 2.75) is 58.0 Å². The Morgan fingerprint density at radius 1 is 1.26 bits per heavy atom. The van der Waals surface area contributed by atoms with Crippen molar-refractivity contribution >= 4 is 11.9 Å². The highest BCUT2D eigenvalue weighted by atomic mass is 16.4. The van der Waals surface area contributed by atoms with Crippen LogP contribution in [0, 0.1) is 11.3 Å². The highest BCUT2D eigenvalue weighted by Gasteiger charge is 2.46. The van der Waals surface area contributed by atoms with E-state index in [0.717, 1.165) is 32.1 Å². The SMILES string of the molecule is CC1(C)CCCN(C(=O)C2CCCC2N)C1C(=O)O. The number of amides is 1. The third-order valence-corrected chi connectivity index (χ3v) is 4.68. The smallest absolute Gasteiger partial charge is 0.326 e. The van der Waals surface area contributed by atoms with Gasteiger partial charge in [-0.25, -0.2) is 4.79 Å². The minimum absolute atomic E-state index is 0.0508.